The fourth-order valence-corrected chi connectivity index (χ4v) is 5.85. The van der Waals surface area contributed by atoms with Crippen molar-refractivity contribution in [2.24, 2.45) is 0 Å². The van der Waals surface area contributed by atoms with Crippen LogP contribution in [0.25, 0.3) is 44.1 Å². The minimum atomic E-state index is 0.760. The van der Waals surface area contributed by atoms with Crippen molar-refractivity contribution in [3.8, 4) is 33.8 Å². The first-order valence-corrected chi connectivity index (χ1v) is 14.1. The van der Waals surface area contributed by atoms with Gasteiger partial charge in [-0.2, -0.15) is 10.2 Å². The molecule has 1 fully saturated rings. The average molecular weight is 544 g/mol. The molecule has 0 unspecified atom stereocenters. The first-order valence-electron chi connectivity index (χ1n) is 14.1. The lowest BCUT2D eigenvalue weighted by molar-refractivity contribution is 0.0377. The zero-order valence-electron chi connectivity index (χ0n) is 22.5. The Labute approximate surface area is 236 Å². The number of pyridine rings is 1. The van der Waals surface area contributed by atoms with Crippen LogP contribution in [0.3, 0.4) is 0 Å². The minimum absolute atomic E-state index is 0.760. The van der Waals surface area contributed by atoms with Crippen LogP contribution in [0.2, 0.25) is 0 Å². The number of aromatic nitrogens is 5. The lowest BCUT2D eigenvalue weighted by Gasteiger charge is -2.33. The van der Waals surface area contributed by atoms with Crippen molar-refractivity contribution in [1.29, 1.82) is 0 Å². The predicted molar refractivity (Wildman–Crippen MR) is 160 cm³/mol. The normalized spacial score (nSPS) is 15.2. The van der Waals surface area contributed by atoms with E-state index in [1.165, 1.54) is 0 Å². The molecule has 3 aromatic heterocycles. The number of hydrogen-bond donors (Lipinski definition) is 2. The van der Waals surface area contributed by atoms with Gasteiger partial charge in [-0.3, -0.25) is 15.1 Å². The molecule has 5 heterocycles. The topological polar surface area (TPSA) is 95.2 Å². The van der Waals surface area contributed by atoms with Crippen LogP contribution >= 0.6 is 0 Å². The molecule has 2 aliphatic heterocycles. The molecule has 6 aromatic rings. The Kier molecular flexibility index (Phi) is 5.89. The van der Waals surface area contributed by atoms with E-state index in [1.54, 1.807) is 0 Å². The molecule has 0 atom stereocenters. The maximum atomic E-state index is 6.61. The van der Waals surface area contributed by atoms with Gasteiger partial charge in [-0.25, -0.2) is 4.98 Å². The summed E-state index contributed by atoms with van der Waals surface area (Å²) < 4.78 is 12.1. The van der Waals surface area contributed by atoms with Gasteiger partial charge in [0.15, 0.2) is 17.3 Å². The molecule has 0 aliphatic carbocycles. The lowest BCUT2D eigenvalue weighted by Crippen LogP contribution is -2.38. The Bertz CT molecular complexity index is 1750. The molecule has 8 rings (SSSR count). The third-order valence-electron chi connectivity index (χ3n) is 8.07. The number of morpholine rings is 1. The van der Waals surface area contributed by atoms with Crippen molar-refractivity contribution >= 4 is 33.3 Å². The van der Waals surface area contributed by atoms with Crippen molar-refractivity contribution in [2.45, 2.75) is 6.42 Å². The highest BCUT2D eigenvalue weighted by Crippen LogP contribution is 2.48. The summed E-state index contributed by atoms with van der Waals surface area (Å²) in [7, 11) is 0. The number of fused-ring (bicyclic) bond motifs is 4. The van der Waals surface area contributed by atoms with Crippen molar-refractivity contribution in [1.82, 2.24) is 30.3 Å². The van der Waals surface area contributed by atoms with E-state index in [4.69, 9.17) is 14.5 Å². The summed E-state index contributed by atoms with van der Waals surface area (Å²) >= 11 is 0. The van der Waals surface area contributed by atoms with Gasteiger partial charge in [0.25, 0.3) is 0 Å². The zero-order chi connectivity index (χ0) is 27.2. The van der Waals surface area contributed by atoms with Crippen molar-refractivity contribution in [3.05, 3.63) is 79.3 Å². The molecule has 3 aromatic carbocycles. The van der Waals surface area contributed by atoms with E-state index in [-0.39, 0.29) is 0 Å². The summed E-state index contributed by atoms with van der Waals surface area (Å²) in [5.41, 5.74) is 7.36. The van der Waals surface area contributed by atoms with E-state index in [1.807, 2.05) is 24.7 Å². The molecule has 2 aliphatic rings. The largest absolute Gasteiger partial charge is 0.451 e. The van der Waals surface area contributed by atoms with Crippen molar-refractivity contribution in [2.75, 3.05) is 44.3 Å². The van der Waals surface area contributed by atoms with E-state index >= 15 is 0 Å². The number of nitrogens with one attached hydrogen (secondary N) is 2. The summed E-state index contributed by atoms with van der Waals surface area (Å²) in [6.45, 7) is 5.47. The monoisotopic (exact) mass is 543 g/mol. The van der Waals surface area contributed by atoms with Crippen LogP contribution in [-0.2, 0) is 4.74 Å². The average Bonchev–Trinajstić information content (AvgIpc) is 3.69. The van der Waals surface area contributed by atoms with Gasteiger partial charge < -0.3 is 14.4 Å². The van der Waals surface area contributed by atoms with Gasteiger partial charge in [0.05, 0.1) is 42.3 Å². The third-order valence-corrected chi connectivity index (χ3v) is 8.07. The number of hydrogen-bond acceptors (Lipinski definition) is 7. The SMILES string of the molecule is c1cc2c(cc1-c1ccc3[nH]ncc3c1)Oc1cc(-c3ccc4[nH]ncc4c3)cnc1N2CCCN1CCOCC1. The van der Waals surface area contributed by atoms with Gasteiger partial charge in [0.1, 0.15) is 0 Å². The molecular formula is C32H29N7O2. The number of H-pyrrole nitrogens is 2. The fourth-order valence-electron chi connectivity index (χ4n) is 5.85. The summed E-state index contributed by atoms with van der Waals surface area (Å²) in [5.74, 6) is 2.44. The fraction of sp³-hybridized carbons (Fsp3) is 0.219. The smallest absolute Gasteiger partial charge is 0.176 e. The van der Waals surface area contributed by atoms with Crippen LogP contribution in [0.15, 0.2) is 79.3 Å². The Morgan fingerprint density at radius 2 is 1.34 bits per heavy atom. The summed E-state index contributed by atoms with van der Waals surface area (Å²) in [5, 5.41) is 16.5. The molecule has 0 saturated carbocycles. The van der Waals surface area contributed by atoms with Crippen molar-refractivity contribution in [3.63, 3.8) is 0 Å². The molecule has 0 amide bonds. The number of ether oxygens (including phenoxy) is 2. The van der Waals surface area contributed by atoms with Gasteiger partial charge in [-0.15, -0.1) is 0 Å². The Morgan fingerprint density at radius 3 is 2.10 bits per heavy atom. The second kappa shape index (κ2) is 10.0. The molecule has 2 N–H and O–H groups in total. The number of anilines is 2. The third kappa shape index (κ3) is 4.49. The van der Waals surface area contributed by atoms with E-state index in [0.29, 0.717) is 0 Å². The highest BCUT2D eigenvalue weighted by Gasteiger charge is 2.27. The highest BCUT2D eigenvalue weighted by molar-refractivity contribution is 5.87. The molecular weight excluding hydrogens is 514 g/mol. The van der Waals surface area contributed by atoms with E-state index in [2.05, 4.69) is 84.8 Å². The van der Waals surface area contributed by atoms with Crippen LogP contribution < -0.4 is 9.64 Å². The van der Waals surface area contributed by atoms with Crippen LogP contribution in [0.1, 0.15) is 6.42 Å². The van der Waals surface area contributed by atoms with E-state index < -0.39 is 0 Å². The summed E-state index contributed by atoms with van der Waals surface area (Å²) in [6, 6.07) is 21.2. The van der Waals surface area contributed by atoms with Gasteiger partial charge in [0, 0.05) is 48.7 Å². The maximum Gasteiger partial charge on any atom is 0.176 e. The molecule has 9 nitrogen and oxygen atoms in total. The molecule has 41 heavy (non-hydrogen) atoms. The second-order valence-electron chi connectivity index (χ2n) is 10.6. The van der Waals surface area contributed by atoms with Gasteiger partial charge in [-0.05, 0) is 65.6 Å². The Hall–Kier alpha value is -4.73. The van der Waals surface area contributed by atoms with E-state index in [9.17, 15) is 0 Å². The van der Waals surface area contributed by atoms with Crippen LogP contribution in [0.4, 0.5) is 11.5 Å². The van der Waals surface area contributed by atoms with Crippen LogP contribution in [0.5, 0.6) is 11.5 Å². The highest BCUT2D eigenvalue weighted by atomic mass is 16.5. The molecule has 9 heteroatoms. The van der Waals surface area contributed by atoms with Gasteiger partial charge in [-0.1, -0.05) is 18.2 Å². The molecule has 0 radical (unpaired) electrons. The Balaban J connectivity index is 1.15. The minimum Gasteiger partial charge on any atom is -0.451 e. The van der Waals surface area contributed by atoms with Crippen LogP contribution in [0, 0.1) is 0 Å². The number of aromatic amines is 2. The predicted octanol–water partition coefficient (Wildman–Crippen LogP) is 6.13. The first-order chi connectivity index (χ1) is 20.3. The van der Waals surface area contributed by atoms with Crippen LogP contribution in [-0.4, -0.2) is 69.7 Å². The Morgan fingerprint density at radius 1 is 0.683 bits per heavy atom. The van der Waals surface area contributed by atoms with E-state index in [0.717, 1.165) is 113 Å². The molecule has 0 spiro atoms. The number of rotatable bonds is 6. The number of benzene rings is 3. The number of nitrogens with zero attached hydrogens (tertiary/aromatic N) is 5. The summed E-state index contributed by atoms with van der Waals surface area (Å²) in [4.78, 5) is 9.73. The molecule has 0 bridgehead atoms. The van der Waals surface area contributed by atoms with Crippen molar-refractivity contribution < 1.29 is 9.47 Å². The standard InChI is InChI=1S/C32H29N7O2/c1(8-38-10-12-40-13-11-38)9-39-29-7-4-23(21-2-5-27-25(14-21)19-34-36-27)16-30(29)41-31-17-24(18-33-32(31)39)22-3-6-28-26(15-22)20-35-37-28/h2-7,14-20H,1,8-13H2,(H,34,36)(H,35,37). The maximum absolute atomic E-state index is 6.61. The zero-order valence-corrected chi connectivity index (χ0v) is 22.5. The lowest BCUT2D eigenvalue weighted by atomic mass is 10.0. The second-order valence-corrected chi connectivity index (χ2v) is 10.6. The quantitative estimate of drug-likeness (QED) is 0.261. The van der Waals surface area contributed by atoms with Gasteiger partial charge in [0.2, 0.25) is 0 Å². The first kappa shape index (κ1) is 24.1. The van der Waals surface area contributed by atoms with Gasteiger partial charge >= 0.3 is 0 Å². The molecule has 1 saturated heterocycles. The molecule has 204 valence electrons. The summed E-state index contributed by atoms with van der Waals surface area (Å²) in [6.07, 6.45) is 6.65.